The van der Waals surface area contributed by atoms with E-state index in [0.717, 1.165) is 0 Å². The van der Waals surface area contributed by atoms with Crippen LogP contribution in [0.5, 0.6) is 0 Å². The topological polar surface area (TPSA) is 0 Å². The van der Waals surface area contributed by atoms with Crippen LogP contribution in [-0.4, -0.2) is 26.7 Å². The molecule has 0 aliphatic rings. The Kier molecular flexibility index (Phi) is 11.6. The summed E-state index contributed by atoms with van der Waals surface area (Å²) in [5, 5.41) is 8.47. The Labute approximate surface area is 254 Å². The van der Waals surface area contributed by atoms with Gasteiger partial charge in [0.15, 0.2) is 0 Å². The molecule has 196 valence electrons. The Morgan fingerprint density at radius 1 is 0.513 bits per heavy atom. The van der Waals surface area contributed by atoms with Crippen LogP contribution in [-0.2, 0) is 20.8 Å². The molecule has 0 aromatic heterocycles. The number of benzene rings is 4. The third-order valence-corrected chi connectivity index (χ3v) is 9.26. The van der Waals surface area contributed by atoms with Gasteiger partial charge >= 0.3 is 37.9 Å². The average Bonchev–Trinajstić information content (AvgIpc) is 3.60. The zero-order valence-electron chi connectivity index (χ0n) is 22.7. The summed E-state index contributed by atoms with van der Waals surface area (Å²) in [6, 6.07) is 43.9. The van der Waals surface area contributed by atoms with Crippen molar-refractivity contribution in [1.29, 1.82) is 0 Å². The van der Waals surface area contributed by atoms with E-state index < -0.39 is 20.8 Å². The summed E-state index contributed by atoms with van der Waals surface area (Å²) in [6.07, 6.45) is 0. The monoisotopic (exact) mass is 662 g/mol. The molecule has 0 nitrogen and oxygen atoms in total. The molecular weight excluding hydrogens is 632 g/mol. The minimum atomic E-state index is -0.826. The van der Waals surface area contributed by atoms with Crippen molar-refractivity contribution in [3.63, 3.8) is 0 Å². The Balaban J connectivity index is 0.000000165. The fourth-order valence-corrected chi connectivity index (χ4v) is 6.26. The van der Waals surface area contributed by atoms with Gasteiger partial charge in [0.2, 0.25) is 0 Å². The molecule has 0 fully saturated rings. The second-order valence-corrected chi connectivity index (χ2v) is 18.0. The van der Waals surface area contributed by atoms with Crippen LogP contribution >= 0.6 is 32.9 Å². The average molecular weight is 665 g/mol. The summed E-state index contributed by atoms with van der Waals surface area (Å²) in [5.41, 5.74) is 5.29. The molecule has 0 aliphatic carbocycles. The van der Waals surface area contributed by atoms with Crippen molar-refractivity contribution in [2.75, 3.05) is 26.7 Å². The minimum absolute atomic E-state index is 0.0237. The van der Waals surface area contributed by atoms with Gasteiger partial charge < -0.3 is 0 Å². The van der Waals surface area contributed by atoms with Crippen molar-refractivity contribution in [3.8, 4) is 22.3 Å². The summed E-state index contributed by atoms with van der Waals surface area (Å²) in [4.78, 5) is 0. The van der Waals surface area contributed by atoms with E-state index in [9.17, 15) is 0 Å². The number of rotatable bonds is 4. The van der Waals surface area contributed by atoms with Gasteiger partial charge in [-0.15, -0.1) is 84.4 Å². The molecule has 0 saturated carbocycles. The Morgan fingerprint density at radius 3 is 1.21 bits per heavy atom. The van der Waals surface area contributed by atoms with E-state index >= 15 is 0 Å². The van der Waals surface area contributed by atoms with Crippen molar-refractivity contribution < 1.29 is 20.8 Å². The molecule has 0 radical (unpaired) electrons. The van der Waals surface area contributed by atoms with E-state index in [-0.39, 0.29) is 15.8 Å². The third-order valence-electron chi connectivity index (χ3n) is 6.67. The van der Waals surface area contributed by atoms with Crippen molar-refractivity contribution in [2.24, 2.45) is 0 Å². The van der Waals surface area contributed by atoms with Gasteiger partial charge in [-0.05, 0) is 37.8 Å². The normalized spacial score (nSPS) is 10.7. The van der Waals surface area contributed by atoms with Gasteiger partial charge in [0.25, 0.3) is 0 Å². The van der Waals surface area contributed by atoms with Crippen LogP contribution in [0.15, 0.2) is 121 Å². The molecule has 0 unspecified atom stereocenters. The Hall–Kier alpha value is -1.58. The zero-order chi connectivity index (χ0) is 27.8. The summed E-state index contributed by atoms with van der Waals surface area (Å²) in [5.74, 6) is 0. The van der Waals surface area contributed by atoms with Crippen LogP contribution in [0, 0.1) is 0 Å². The van der Waals surface area contributed by atoms with E-state index in [4.69, 9.17) is 17.0 Å². The molecule has 6 aromatic carbocycles. The van der Waals surface area contributed by atoms with E-state index in [0.29, 0.717) is 0 Å². The van der Waals surface area contributed by atoms with Crippen LogP contribution < -0.4 is 10.6 Å². The second kappa shape index (κ2) is 14.9. The van der Waals surface area contributed by atoms with Crippen molar-refractivity contribution in [2.45, 2.75) is 0 Å². The molecule has 0 saturated heterocycles. The number of hydrogen-bond acceptors (Lipinski definition) is 0. The maximum atomic E-state index is 4.93. The van der Waals surface area contributed by atoms with Gasteiger partial charge in [0.1, 0.15) is 0 Å². The van der Waals surface area contributed by atoms with E-state index in [1.807, 2.05) is 0 Å². The molecule has 6 aromatic rings. The van der Waals surface area contributed by atoms with E-state index in [1.165, 1.54) is 54.4 Å². The standard InChI is InChI=1S/2C17H16P.2ClH.Zr/c2*1-18(2)15-11-14-9-6-10-16(17(14)12-15)13-7-4-3-5-8-13;;;/h2*3-12H,1-2H3;2*1H;/q2*-1;;;+4/p-2. The molecule has 0 amide bonds. The summed E-state index contributed by atoms with van der Waals surface area (Å²) >= 11 is -0.826. The first-order valence-corrected chi connectivity index (χ1v) is 23.5. The SMILES string of the molecule is CP(C)c1cc2c(-c3ccccc3)cccc2[cH-]1.CP(C)c1cc2c(-c3ccccc3)cccc2[cH-]1.[Cl][Zr+2][Cl]. The zero-order valence-corrected chi connectivity index (χ0v) is 28.5. The first-order valence-electron chi connectivity index (χ1n) is 12.7. The predicted octanol–water partition coefficient (Wildman–Crippen LogP) is 10.6. The summed E-state index contributed by atoms with van der Waals surface area (Å²) < 4.78 is 0. The van der Waals surface area contributed by atoms with Crippen LogP contribution in [0.25, 0.3) is 43.8 Å². The van der Waals surface area contributed by atoms with E-state index in [2.05, 4.69) is 148 Å². The molecular formula is C34H32Cl2P2Zr. The molecule has 5 heteroatoms. The molecule has 6 rings (SSSR count). The van der Waals surface area contributed by atoms with Gasteiger partial charge in [-0.25, -0.2) is 0 Å². The maximum absolute atomic E-state index is 4.93. The molecule has 0 aliphatic heterocycles. The van der Waals surface area contributed by atoms with E-state index in [1.54, 1.807) is 0 Å². The third kappa shape index (κ3) is 7.79. The van der Waals surface area contributed by atoms with Crippen LogP contribution in [0.4, 0.5) is 0 Å². The second-order valence-electron chi connectivity index (χ2n) is 9.64. The number of hydrogen-bond donors (Lipinski definition) is 0. The first-order chi connectivity index (χ1) is 18.9. The molecule has 0 atom stereocenters. The number of halogens is 2. The molecule has 0 heterocycles. The van der Waals surface area contributed by atoms with Crippen molar-refractivity contribution in [1.82, 2.24) is 0 Å². The van der Waals surface area contributed by atoms with Crippen LogP contribution in [0.2, 0.25) is 0 Å². The van der Waals surface area contributed by atoms with Gasteiger partial charge in [-0.1, -0.05) is 83.9 Å². The van der Waals surface area contributed by atoms with Crippen LogP contribution in [0.3, 0.4) is 0 Å². The number of fused-ring (bicyclic) bond motifs is 2. The molecule has 0 bridgehead atoms. The van der Waals surface area contributed by atoms with Gasteiger partial charge in [-0.2, -0.15) is 12.1 Å². The summed E-state index contributed by atoms with van der Waals surface area (Å²) in [6.45, 7) is 9.24. The summed E-state index contributed by atoms with van der Waals surface area (Å²) in [7, 11) is 9.82. The fraction of sp³-hybridized carbons (Fsp3) is 0.118. The predicted molar refractivity (Wildman–Crippen MR) is 178 cm³/mol. The Bertz CT molecular complexity index is 1480. The quantitative estimate of drug-likeness (QED) is 0.130. The van der Waals surface area contributed by atoms with Crippen LogP contribution in [0.1, 0.15) is 0 Å². The van der Waals surface area contributed by atoms with Gasteiger partial charge in [0, 0.05) is 0 Å². The van der Waals surface area contributed by atoms with Crippen molar-refractivity contribution >= 4 is 65.0 Å². The van der Waals surface area contributed by atoms with Gasteiger partial charge in [-0.3, -0.25) is 0 Å². The Morgan fingerprint density at radius 2 is 0.872 bits per heavy atom. The van der Waals surface area contributed by atoms with Crippen molar-refractivity contribution in [3.05, 3.63) is 121 Å². The molecule has 0 spiro atoms. The fourth-order valence-electron chi connectivity index (χ4n) is 4.69. The van der Waals surface area contributed by atoms with Gasteiger partial charge in [0.05, 0.1) is 0 Å². The molecule has 39 heavy (non-hydrogen) atoms. The first kappa shape index (κ1) is 30.4. The molecule has 0 N–H and O–H groups in total.